The fourth-order valence-corrected chi connectivity index (χ4v) is 5.27. The minimum atomic E-state index is -1.45. The van der Waals surface area contributed by atoms with E-state index < -0.39 is 67.0 Å². The first kappa shape index (κ1) is 30.1. The van der Waals surface area contributed by atoms with E-state index in [2.05, 4.69) is 0 Å². The average molecular weight is 582 g/mol. The molecule has 2 heterocycles. The lowest BCUT2D eigenvalue weighted by molar-refractivity contribution is -0.268. The molecule has 2 fully saturated rings. The van der Waals surface area contributed by atoms with Gasteiger partial charge in [-0.25, -0.2) is 0 Å². The molecule has 0 radical (unpaired) electrons. The zero-order valence-electron chi connectivity index (χ0n) is 21.7. The number of ether oxygens (including phenoxy) is 6. The molecule has 1 amide bonds. The second-order valence-electron chi connectivity index (χ2n) is 8.41. The lowest BCUT2D eigenvalue weighted by Crippen LogP contribution is -2.66. The summed E-state index contributed by atoms with van der Waals surface area (Å²) in [6.45, 7) is 4.08. The molecule has 1 aromatic carbocycles. The Hall–Kier alpha value is -3.49. The molecule has 0 bridgehead atoms. The molecule has 1 aromatic rings. The second-order valence-corrected chi connectivity index (χ2v) is 10.1. The van der Waals surface area contributed by atoms with E-state index in [1.54, 1.807) is 30.3 Å². The van der Waals surface area contributed by atoms with E-state index in [9.17, 15) is 24.0 Å². The molecule has 0 N–H and O–H groups in total. The Morgan fingerprint density at radius 3 is 2.03 bits per heavy atom. The van der Waals surface area contributed by atoms with Gasteiger partial charge in [0.15, 0.2) is 28.9 Å². The Morgan fingerprint density at radius 2 is 1.49 bits per heavy atom. The van der Waals surface area contributed by atoms with Crippen molar-refractivity contribution in [2.45, 2.75) is 58.3 Å². The molecule has 0 aromatic heterocycles. The van der Waals surface area contributed by atoms with Crippen molar-refractivity contribution < 1.29 is 52.4 Å². The molecule has 0 spiro atoms. The number of amides is 1. The fourth-order valence-electron chi connectivity index (χ4n) is 3.96. The van der Waals surface area contributed by atoms with Crippen molar-refractivity contribution >= 4 is 64.2 Å². The van der Waals surface area contributed by atoms with Crippen LogP contribution < -0.4 is 4.74 Å². The molecular weight excluding hydrogens is 554 g/mol. The standard InChI is InChI=1S/C25H27NO11S2/c1-12(27)33-11-18-20(34-13(2)28)21(35-14(3)29)22(36-15(4)30)24(37-18)26-23(31)19(39-25(26)38)10-16-6-8-17(32-5)9-7-16/h6-10,18,20-22,24H,11H2,1-5H3/b19-10+/t18-,20+,21-,22-,24+/m0/s1. The number of benzene rings is 1. The molecule has 12 nitrogen and oxygen atoms in total. The maximum Gasteiger partial charge on any atom is 0.303 e. The maximum absolute atomic E-state index is 13.6. The van der Waals surface area contributed by atoms with Crippen LogP contribution in [0, 0.1) is 0 Å². The molecule has 2 saturated heterocycles. The van der Waals surface area contributed by atoms with Crippen molar-refractivity contribution in [3.05, 3.63) is 34.7 Å². The number of carbonyl (C=O) groups excluding carboxylic acids is 5. The summed E-state index contributed by atoms with van der Waals surface area (Å²) in [4.78, 5) is 62.5. The van der Waals surface area contributed by atoms with Gasteiger partial charge in [0, 0.05) is 27.7 Å². The fraction of sp³-hybridized carbons (Fsp3) is 0.440. The smallest absolute Gasteiger partial charge is 0.303 e. The van der Waals surface area contributed by atoms with Crippen LogP contribution in [0.2, 0.25) is 0 Å². The Labute approximate surface area is 233 Å². The molecule has 2 aliphatic rings. The number of hydrogen-bond acceptors (Lipinski definition) is 13. The van der Waals surface area contributed by atoms with Gasteiger partial charge in [0.2, 0.25) is 0 Å². The van der Waals surface area contributed by atoms with Crippen molar-refractivity contribution in [1.82, 2.24) is 4.90 Å². The predicted octanol–water partition coefficient (Wildman–Crippen LogP) is 1.98. The number of rotatable bonds is 8. The molecule has 39 heavy (non-hydrogen) atoms. The average Bonchev–Trinajstić information content (AvgIpc) is 3.12. The summed E-state index contributed by atoms with van der Waals surface area (Å²) in [6, 6.07) is 6.96. The van der Waals surface area contributed by atoms with Crippen molar-refractivity contribution in [2.24, 2.45) is 0 Å². The van der Waals surface area contributed by atoms with E-state index in [0.717, 1.165) is 37.4 Å². The van der Waals surface area contributed by atoms with Crippen LogP contribution in [0.1, 0.15) is 33.3 Å². The number of esters is 4. The van der Waals surface area contributed by atoms with Gasteiger partial charge in [0.1, 0.15) is 18.5 Å². The van der Waals surface area contributed by atoms with E-state index >= 15 is 0 Å². The van der Waals surface area contributed by atoms with Crippen LogP contribution in [0.3, 0.4) is 0 Å². The molecule has 210 valence electrons. The zero-order valence-corrected chi connectivity index (χ0v) is 23.4. The summed E-state index contributed by atoms with van der Waals surface area (Å²) in [5.41, 5.74) is 0.692. The molecule has 14 heteroatoms. The van der Waals surface area contributed by atoms with Crippen LogP contribution in [0.15, 0.2) is 29.2 Å². The predicted molar refractivity (Wildman–Crippen MR) is 140 cm³/mol. The van der Waals surface area contributed by atoms with Crippen LogP contribution in [0.4, 0.5) is 0 Å². The highest BCUT2D eigenvalue weighted by atomic mass is 32.2. The molecule has 2 aliphatic heterocycles. The highest BCUT2D eigenvalue weighted by Gasteiger charge is 2.56. The van der Waals surface area contributed by atoms with Gasteiger partial charge < -0.3 is 28.4 Å². The lowest BCUT2D eigenvalue weighted by atomic mass is 9.96. The van der Waals surface area contributed by atoms with Crippen LogP contribution in [-0.4, -0.2) is 83.4 Å². The summed E-state index contributed by atoms with van der Waals surface area (Å²) in [5.74, 6) is -2.92. The highest BCUT2D eigenvalue weighted by Crippen LogP contribution is 2.39. The first-order valence-electron chi connectivity index (χ1n) is 11.6. The Bertz CT molecular complexity index is 1180. The number of carbonyl (C=O) groups is 5. The third-order valence-electron chi connectivity index (χ3n) is 5.46. The van der Waals surface area contributed by atoms with Crippen molar-refractivity contribution in [3.8, 4) is 5.75 Å². The highest BCUT2D eigenvalue weighted by molar-refractivity contribution is 8.26. The van der Waals surface area contributed by atoms with Crippen molar-refractivity contribution in [1.29, 1.82) is 0 Å². The maximum atomic E-state index is 13.6. The van der Waals surface area contributed by atoms with E-state index in [-0.39, 0.29) is 9.23 Å². The second kappa shape index (κ2) is 13.0. The lowest BCUT2D eigenvalue weighted by Gasteiger charge is -2.46. The Balaban J connectivity index is 2.03. The van der Waals surface area contributed by atoms with E-state index in [1.165, 1.54) is 14.0 Å². The van der Waals surface area contributed by atoms with Crippen LogP contribution in [0.25, 0.3) is 6.08 Å². The van der Waals surface area contributed by atoms with Gasteiger partial charge in [0.25, 0.3) is 5.91 Å². The van der Waals surface area contributed by atoms with Crippen molar-refractivity contribution in [3.63, 3.8) is 0 Å². The Kier molecular flexibility index (Phi) is 10.1. The van der Waals surface area contributed by atoms with Gasteiger partial charge in [-0.05, 0) is 23.8 Å². The van der Waals surface area contributed by atoms with Crippen LogP contribution in [-0.2, 0) is 47.7 Å². The summed E-state index contributed by atoms with van der Waals surface area (Å²) in [7, 11) is 1.54. The third-order valence-corrected chi connectivity index (χ3v) is 6.79. The molecule has 3 rings (SSSR count). The minimum absolute atomic E-state index is 0.0701. The molecule has 0 saturated carbocycles. The summed E-state index contributed by atoms with van der Waals surface area (Å²) >= 11 is 6.46. The topological polar surface area (TPSA) is 144 Å². The first-order valence-corrected chi connectivity index (χ1v) is 12.8. The normalized spacial score (nSPS) is 25.7. The zero-order chi connectivity index (χ0) is 28.9. The van der Waals surface area contributed by atoms with E-state index in [4.69, 9.17) is 40.6 Å². The molecule has 5 atom stereocenters. The van der Waals surface area contributed by atoms with Gasteiger partial charge >= 0.3 is 23.9 Å². The summed E-state index contributed by atoms with van der Waals surface area (Å²) < 4.78 is 32.6. The van der Waals surface area contributed by atoms with E-state index in [0.29, 0.717) is 11.3 Å². The van der Waals surface area contributed by atoms with Gasteiger partial charge in [-0.3, -0.25) is 28.9 Å². The quantitative estimate of drug-likeness (QED) is 0.191. The molecule has 0 aliphatic carbocycles. The summed E-state index contributed by atoms with van der Waals surface area (Å²) in [5, 5.41) is 0. The third kappa shape index (κ3) is 7.55. The largest absolute Gasteiger partial charge is 0.497 e. The summed E-state index contributed by atoms with van der Waals surface area (Å²) in [6.07, 6.45) is -5.24. The van der Waals surface area contributed by atoms with E-state index in [1.807, 2.05) is 0 Å². The molecular formula is C25H27NO11S2. The number of hydrogen-bond donors (Lipinski definition) is 0. The number of thiocarbonyl (C=S) groups is 1. The minimum Gasteiger partial charge on any atom is -0.497 e. The molecule has 0 unspecified atom stereocenters. The number of nitrogens with zero attached hydrogens (tertiary/aromatic N) is 1. The van der Waals surface area contributed by atoms with Crippen molar-refractivity contribution in [2.75, 3.05) is 13.7 Å². The Morgan fingerprint density at radius 1 is 0.923 bits per heavy atom. The first-order chi connectivity index (χ1) is 18.4. The number of methoxy groups -OCH3 is 1. The SMILES string of the molecule is COc1ccc(/C=C2/SC(=S)N([C@@H]3O[C@@H](COC(C)=O)[C@@H](OC(C)=O)[C@H](OC(C)=O)[C@@H]3OC(C)=O)C2=O)cc1. The van der Waals surface area contributed by atoms with Gasteiger partial charge in [-0.15, -0.1) is 0 Å². The number of thioether (sulfide) groups is 1. The van der Waals surface area contributed by atoms with Gasteiger partial charge in [-0.1, -0.05) is 36.1 Å². The van der Waals surface area contributed by atoms with Gasteiger partial charge in [-0.2, -0.15) is 0 Å². The monoisotopic (exact) mass is 581 g/mol. The van der Waals surface area contributed by atoms with Crippen LogP contribution in [0.5, 0.6) is 5.75 Å². The van der Waals surface area contributed by atoms with Gasteiger partial charge in [0.05, 0.1) is 12.0 Å². The van der Waals surface area contributed by atoms with Crippen LogP contribution >= 0.6 is 24.0 Å².